The molecule has 0 radical (unpaired) electrons. The number of furan rings is 1. The van der Waals surface area contributed by atoms with Crippen LogP contribution < -0.4 is 4.74 Å². The molecule has 2 aromatic heterocycles. The molecule has 3 aromatic rings. The fourth-order valence-corrected chi connectivity index (χ4v) is 3.11. The molecule has 0 fully saturated rings. The van der Waals surface area contributed by atoms with Gasteiger partial charge in [-0.3, -0.25) is 0 Å². The van der Waals surface area contributed by atoms with Crippen LogP contribution in [-0.2, 0) is 17.5 Å². The number of hydrogen-bond donors (Lipinski definition) is 0. The molecule has 0 bridgehead atoms. The molecule has 0 aliphatic heterocycles. The minimum Gasteiger partial charge on any atom is -0.496 e. The lowest BCUT2D eigenvalue weighted by Gasteiger charge is -2.07. The fraction of sp³-hybridized carbons (Fsp3) is 0.235. The number of ether oxygens (including phenoxy) is 2. The van der Waals surface area contributed by atoms with Crippen LogP contribution in [0, 0.1) is 0 Å². The molecule has 0 N–H and O–H groups in total. The van der Waals surface area contributed by atoms with E-state index in [9.17, 15) is 4.79 Å². The highest BCUT2D eigenvalue weighted by molar-refractivity contribution is 7.98. The summed E-state index contributed by atoms with van der Waals surface area (Å²) in [6.07, 6.45) is 0. The summed E-state index contributed by atoms with van der Waals surface area (Å²) in [6, 6.07) is 11.0. The minimum absolute atomic E-state index is 0.186. The second-order valence-corrected chi connectivity index (χ2v) is 6.05. The molecule has 7 nitrogen and oxygen atoms in total. The third-order valence-corrected chi connectivity index (χ3v) is 4.62. The molecule has 0 amide bonds. The maximum Gasteiger partial charge on any atom is 0.373 e. The van der Waals surface area contributed by atoms with Crippen LogP contribution in [0.4, 0.5) is 0 Å². The van der Waals surface area contributed by atoms with E-state index >= 15 is 0 Å². The summed E-state index contributed by atoms with van der Waals surface area (Å²) < 4.78 is 17.4. The standard InChI is InChI=1S/C17H17N3O4S/c1-20-15(12-6-4-5-7-13(12)22-2)18-19-17(20)25-10-11-8-9-14(24-11)16(21)23-3/h4-9H,10H2,1-3H3. The molecule has 1 aromatic carbocycles. The van der Waals surface area contributed by atoms with E-state index in [-0.39, 0.29) is 5.76 Å². The molecule has 0 atom stereocenters. The summed E-state index contributed by atoms with van der Waals surface area (Å²) in [5.41, 5.74) is 0.873. The molecule has 0 saturated heterocycles. The third kappa shape index (κ3) is 3.53. The minimum atomic E-state index is -0.492. The van der Waals surface area contributed by atoms with Gasteiger partial charge in [0.2, 0.25) is 5.76 Å². The Morgan fingerprint density at radius 2 is 2.00 bits per heavy atom. The number of carbonyl (C=O) groups excluding carboxylic acids is 1. The van der Waals surface area contributed by atoms with Crippen molar-refractivity contribution in [3.8, 4) is 17.1 Å². The molecule has 0 saturated carbocycles. The lowest BCUT2D eigenvalue weighted by molar-refractivity contribution is 0.0563. The van der Waals surface area contributed by atoms with Gasteiger partial charge in [-0.1, -0.05) is 23.9 Å². The van der Waals surface area contributed by atoms with Crippen molar-refractivity contribution in [2.24, 2.45) is 7.05 Å². The smallest absolute Gasteiger partial charge is 0.373 e. The highest BCUT2D eigenvalue weighted by Crippen LogP contribution is 2.31. The Kier molecular flexibility index (Phi) is 5.08. The first-order valence-electron chi connectivity index (χ1n) is 7.46. The number of aromatic nitrogens is 3. The predicted molar refractivity (Wildman–Crippen MR) is 92.6 cm³/mol. The number of para-hydroxylation sites is 1. The Hall–Kier alpha value is -2.74. The lowest BCUT2D eigenvalue weighted by Crippen LogP contribution is -1.98. The first-order chi connectivity index (χ1) is 12.1. The van der Waals surface area contributed by atoms with Gasteiger partial charge in [-0.15, -0.1) is 10.2 Å². The highest BCUT2D eigenvalue weighted by Gasteiger charge is 2.16. The number of esters is 1. The van der Waals surface area contributed by atoms with Gasteiger partial charge in [0.05, 0.1) is 25.5 Å². The fourth-order valence-electron chi connectivity index (χ4n) is 2.31. The second kappa shape index (κ2) is 7.43. The molecule has 130 valence electrons. The zero-order valence-electron chi connectivity index (χ0n) is 14.1. The summed E-state index contributed by atoms with van der Waals surface area (Å²) in [4.78, 5) is 11.4. The van der Waals surface area contributed by atoms with Gasteiger partial charge in [-0.25, -0.2) is 4.79 Å². The summed E-state index contributed by atoms with van der Waals surface area (Å²) in [6.45, 7) is 0. The average molecular weight is 359 g/mol. The Bertz CT molecular complexity index is 888. The van der Waals surface area contributed by atoms with Crippen LogP contribution in [0.5, 0.6) is 5.75 Å². The van der Waals surface area contributed by atoms with Crippen molar-refractivity contribution < 1.29 is 18.7 Å². The Morgan fingerprint density at radius 3 is 2.76 bits per heavy atom. The van der Waals surface area contributed by atoms with Crippen LogP contribution in [0.1, 0.15) is 16.3 Å². The maximum atomic E-state index is 11.4. The molecule has 25 heavy (non-hydrogen) atoms. The quantitative estimate of drug-likeness (QED) is 0.494. The van der Waals surface area contributed by atoms with Crippen LogP contribution in [-0.4, -0.2) is 35.0 Å². The zero-order valence-corrected chi connectivity index (χ0v) is 14.9. The second-order valence-electron chi connectivity index (χ2n) is 5.11. The Balaban J connectivity index is 1.76. The van der Waals surface area contributed by atoms with Crippen LogP contribution in [0.3, 0.4) is 0 Å². The Morgan fingerprint density at radius 1 is 1.20 bits per heavy atom. The normalized spacial score (nSPS) is 10.7. The average Bonchev–Trinajstić information content (AvgIpc) is 3.26. The SMILES string of the molecule is COC(=O)c1ccc(CSc2nnc(-c3ccccc3OC)n2C)o1. The van der Waals surface area contributed by atoms with E-state index in [1.54, 1.807) is 19.2 Å². The molecule has 0 aliphatic rings. The number of benzene rings is 1. The summed E-state index contributed by atoms with van der Waals surface area (Å²) in [5.74, 6) is 2.33. The number of thioether (sulfide) groups is 1. The lowest BCUT2D eigenvalue weighted by atomic mass is 10.2. The maximum absolute atomic E-state index is 11.4. The topological polar surface area (TPSA) is 79.4 Å². The summed E-state index contributed by atoms with van der Waals surface area (Å²) >= 11 is 1.46. The van der Waals surface area contributed by atoms with Gasteiger partial charge in [-0.2, -0.15) is 0 Å². The summed E-state index contributed by atoms with van der Waals surface area (Å²) in [7, 11) is 4.84. The summed E-state index contributed by atoms with van der Waals surface area (Å²) in [5, 5.41) is 9.22. The number of hydrogen-bond acceptors (Lipinski definition) is 7. The van der Waals surface area contributed by atoms with Gasteiger partial charge in [0.15, 0.2) is 11.0 Å². The first-order valence-corrected chi connectivity index (χ1v) is 8.45. The van der Waals surface area contributed by atoms with Crippen LogP contribution >= 0.6 is 11.8 Å². The van der Waals surface area contributed by atoms with Crippen LogP contribution in [0.25, 0.3) is 11.4 Å². The number of methoxy groups -OCH3 is 2. The van der Waals surface area contributed by atoms with Crippen molar-refractivity contribution in [2.75, 3.05) is 14.2 Å². The zero-order chi connectivity index (χ0) is 17.8. The van der Waals surface area contributed by atoms with Gasteiger partial charge in [0.1, 0.15) is 11.5 Å². The van der Waals surface area contributed by atoms with E-state index in [0.29, 0.717) is 11.5 Å². The number of carbonyl (C=O) groups is 1. The monoisotopic (exact) mass is 359 g/mol. The van der Waals surface area contributed by atoms with Crippen LogP contribution in [0.15, 0.2) is 46.0 Å². The third-order valence-electron chi connectivity index (χ3n) is 3.57. The van der Waals surface area contributed by atoms with Crippen molar-refractivity contribution in [1.82, 2.24) is 14.8 Å². The molecule has 2 heterocycles. The largest absolute Gasteiger partial charge is 0.496 e. The number of rotatable bonds is 6. The highest BCUT2D eigenvalue weighted by atomic mass is 32.2. The molecule has 0 unspecified atom stereocenters. The first kappa shape index (κ1) is 17.1. The van der Waals surface area contributed by atoms with E-state index in [2.05, 4.69) is 14.9 Å². The van der Waals surface area contributed by atoms with Crippen molar-refractivity contribution >= 4 is 17.7 Å². The Labute approximate surface area is 149 Å². The van der Waals surface area contributed by atoms with Crippen molar-refractivity contribution in [3.63, 3.8) is 0 Å². The van der Waals surface area contributed by atoms with Gasteiger partial charge in [0, 0.05) is 7.05 Å². The molecule has 0 aliphatic carbocycles. The molecule has 0 spiro atoms. The van der Waals surface area contributed by atoms with E-state index in [0.717, 1.165) is 22.3 Å². The molecular weight excluding hydrogens is 342 g/mol. The number of nitrogens with zero attached hydrogens (tertiary/aromatic N) is 3. The van der Waals surface area contributed by atoms with Gasteiger partial charge >= 0.3 is 5.97 Å². The van der Waals surface area contributed by atoms with Crippen molar-refractivity contribution in [3.05, 3.63) is 47.9 Å². The van der Waals surface area contributed by atoms with E-state index in [1.165, 1.54) is 18.9 Å². The van der Waals surface area contributed by atoms with E-state index in [4.69, 9.17) is 9.15 Å². The van der Waals surface area contributed by atoms with Gasteiger partial charge in [0.25, 0.3) is 0 Å². The van der Waals surface area contributed by atoms with E-state index < -0.39 is 5.97 Å². The predicted octanol–water partition coefficient (Wildman–Crippen LogP) is 3.16. The van der Waals surface area contributed by atoms with Gasteiger partial charge < -0.3 is 18.5 Å². The molecule has 3 rings (SSSR count). The van der Waals surface area contributed by atoms with Crippen molar-refractivity contribution in [1.29, 1.82) is 0 Å². The molecule has 8 heteroatoms. The molecular formula is C17H17N3O4S. The van der Waals surface area contributed by atoms with E-state index in [1.807, 2.05) is 35.9 Å². The van der Waals surface area contributed by atoms with Gasteiger partial charge in [-0.05, 0) is 24.3 Å². The van der Waals surface area contributed by atoms with Crippen molar-refractivity contribution in [2.45, 2.75) is 10.9 Å². The van der Waals surface area contributed by atoms with Crippen LogP contribution in [0.2, 0.25) is 0 Å².